The van der Waals surface area contributed by atoms with E-state index >= 15 is 0 Å². The molecule has 0 spiro atoms. The van der Waals surface area contributed by atoms with E-state index in [0.29, 0.717) is 62.4 Å². The first-order valence-corrected chi connectivity index (χ1v) is 11.3. The normalized spacial score (nSPS) is 22.7. The molecule has 2 heterocycles. The van der Waals surface area contributed by atoms with Crippen LogP contribution < -0.4 is 5.32 Å². The highest BCUT2D eigenvalue weighted by Crippen LogP contribution is 2.23. The van der Waals surface area contributed by atoms with Crippen molar-refractivity contribution in [2.24, 2.45) is 0 Å². The van der Waals surface area contributed by atoms with Crippen LogP contribution in [0.15, 0.2) is 24.3 Å². The molecule has 2 atom stereocenters. The summed E-state index contributed by atoms with van der Waals surface area (Å²) in [6.07, 6.45) is 4.46. The van der Waals surface area contributed by atoms with Gasteiger partial charge >= 0.3 is 0 Å². The Morgan fingerprint density at radius 3 is 2.90 bits per heavy atom. The second kappa shape index (κ2) is 11.8. The lowest BCUT2D eigenvalue weighted by Gasteiger charge is -2.32. The van der Waals surface area contributed by atoms with Gasteiger partial charge in [0, 0.05) is 65.0 Å². The molecular formula is C22H29Cl2N3O4. The second-order valence-electron chi connectivity index (χ2n) is 7.66. The minimum Gasteiger partial charge on any atom is -0.379 e. The van der Waals surface area contributed by atoms with Crippen LogP contribution in [-0.2, 0) is 19.1 Å². The molecule has 0 bridgehead atoms. The first kappa shape index (κ1) is 24.0. The molecule has 170 valence electrons. The Balaban J connectivity index is 1.47. The van der Waals surface area contributed by atoms with Gasteiger partial charge in [0.15, 0.2) is 0 Å². The number of hydrogen-bond acceptors (Lipinski definition) is 5. The molecule has 2 amide bonds. The molecule has 0 saturated carbocycles. The van der Waals surface area contributed by atoms with Crippen molar-refractivity contribution in [1.29, 1.82) is 0 Å². The van der Waals surface area contributed by atoms with Gasteiger partial charge in [0.1, 0.15) is 0 Å². The number of nitrogens with zero attached hydrogens (tertiary/aromatic N) is 2. The van der Waals surface area contributed by atoms with Gasteiger partial charge in [-0.2, -0.15) is 0 Å². The fraction of sp³-hybridized carbons (Fsp3) is 0.545. The highest BCUT2D eigenvalue weighted by atomic mass is 35.5. The summed E-state index contributed by atoms with van der Waals surface area (Å²) in [7, 11) is 1.69. The van der Waals surface area contributed by atoms with Gasteiger partial charge in [-0.05, 0) is 30.2 Å². The first-order valence-electron chi connectivity index (χ1n) is 10.5. The molecule has 9 heteroatoms. The third-order valence-corrected chi connectivity index (χ3v) is 6.40. The number of halogens is 2. The number of rotatable bonds is 7. The number of benzene rings is 1. The van der Waals surface area contributed by atoms with Gasteiger partial charge in [-0.25, -0.2) is 0 Å². The van der Waals surface area contributed by atoms with Crippen LogP contribution in [-0.4, -0.2) is 86.8 Å². The summed E-state index contributed by atoms with van der Waals surface area (Å²) in [5, 5.41) is 4.40. The highest BCUT2D eigenvalue weighted by Gasteiger charge is 2.26. The van der Waals surface area contributed by atoms with Gasteiger partial charge in [-0.3, -0.25) is 9.59 Å². The average molecular weight is 470 g/mol. The van der Waals surface area contributed by atoms with Crippen molar-refractivity contribution in [2.45, 2.75) is 25.0 Å². The van der Waals surface area contributed by atoms with Crippen LogP contribution in [0.3, 0.4) is 0 Å². The number of carbonyl (C=O) groups excluding carboxylic acids is 2. The smallest absolute Gasteiger partial charge is 0.246 e. The van der Waals surface area contributed by atoms with Crippen LogP contribution in [0.2, 0.25) is 10.0 Å². The van der Waals surface area contributed by atoms with Crippen molar-refractivity contribution < 1.29 is 19.1 Å². The third kappa shape index (κ3) is 6.92. The van der Waals surface area contributed by atoms with E-state index in [9.17, 15) is 9.59 Å². The van der Waals surface area contributed by atoms with Gasteiger partial charge < -0.3 is 24.6 Å². The quantitative estimate of drug-likeness (QED) is 0.621. The molecule has 0 aliphatic carbocycles. The lowest BCUT2D eigenvalue weighted by atomic mass is 10.1. The predicted molar refractivity (Wildman–Crippen MR) is 121 cm³/mol. The zero-order valence-corrected chi connectivity index (χ0v) is 19.2. The van der Waals surface area contributed by atoms with Crippen LogP contribution in [0.4, 0.5) is 0 Å². The summed E-state index contributed by atoms with van der Waals surface area (Å²) >= 11 is 11.9. The van der Waals surface area contributed by atoms with Crippen LogP contribution >= 0.6 is 23.2 Å². The summed E-state index contributed by atoms with van der Waals surface area (Å²) < 4.78 is 10.9. The largest absolute Gasteiger partial charge is 0.379 e. The topological polar surface area (TPSA) is 71.1 Å². The Bertz CT molecular complexity index is 805. The SMILES string of the molecule is CO[C@@H]1COCC[C@@H]1NCCN1CCN(C(=O)/C=C/c2ccc(Cl)c(Cl)c2)CCC1=O. The minimum atomic E-state index is -0.121. The van der Waals surface area contributed by atoms with Crippen LogP contribution in [0, 0.1) is 0 Å². The molecule has 0 radical (unpaired) electrons. The van der Waals surface area contributed by atoms with E-state index in [2.05, 4.69) is 5.32 Å². The molecule has 2 fully saturated rings. The summed E-state index contributed by atoms with van der Waals surface area (Å²) in [6, 6.07) is 5.43. The summed E-state index contributed by atoms with van der Waals surface area (Å²) in [5.41, 5.74) is 0.795. The molecule has 1 aromatic carbocycles. The lowest BCUT2D eigenvalue weighted by molar-refractivity contribution is -0.130. The van der Waals surface area contributed by atoms with Crippen molar-refractivity contribution in [3.8, 4) is 0 Å². The summed E-state index contributed by atoms with van der Waals surface area (Å²) in [6.45, 7) is 4.04. The third-order valence-electron chi connectivity index (χ3n) is 5.66. The van der Waals surface area contributed by atoms with Crippen molar-refractivity contribution in [3.63, 3.8) is 0 Å². The van der Waals surface area contributed by atoms with Gasteiger partial charge in [0.05, 0.1) is 22.8 Å². The van der Waals surface area contributed by atoms with E-state index in [0.717, 1.165) is 12.0 Å². The Kier molecular flexibility index (Phi) is 9.16. The minimum absolute atomic E-state index is 0.0315. The van der Waals surface area contributed by atoms with E-state index in [1.165, 1.54) is 6.08 Å². The average Bonchev–Trinajstić information content (AvgIpc) is 2.96. The lowest BCUT2D eigenvalue weighted by Crippen LogP contribution is -2.49. The summed E-state index contributed by atoms with van der Waals surface area (Å²) in [5.74, 6) is -0.0511. The van der Waals surface area contributed by atoms with Gasteiger partial charge in [0.25, 0.3) is 0 Å². The fourth-order valence-corrected chi connectivity index (χ4v) is 4.08. The van der Waals surface area contributed by atoms with Gasteiger partial charge in [-0.1, -0.05) is 29.3 Å². The van der Waals surface area contributed by atoms with E-state index in [1.54, 1.807) is 36.3 Å². The number of hydrogen-bond donors (Lipinski definition) is 1. The zero-order valence-electron chi connectivity index (χ0n) is 17.7. The molecule has 2 aliphatic heterocycles. The van der Waals surface area contributed by atoms with Gasteiger partial charge in [0.2, 0.25) is 11.8 Å². The predicted octanol–water partition coefficient (Wildman–Crippen LogP) is 2.46. The maximum absolute atomic E-state index is 12.6. The fourth-order valence-electron chi connectivity index (χ4n) is 3.78. The van der Waals surface area contributed by atoms with E-state index in [-0.39, 0.29) is 24.0 Å². The maximum atomic E-state index is 12.6. The Morgan fingerprint density at radius 2 is 2.13 bits per heavy atom. The first-order chi connectivity index (χ1) is 15.0. The zero-order chi connectivity index (χ0) is 22.2. The second-order valence-corrected chi connectivity index (χ2v) is 8.48. The van der Waals surface area contributed by atoms with E-state index in [1.807, 2.05) is 4.90 Å². The monoisotopic (exact) mass is 469 g/mol. The Morgan fingerprint density at radius 1 is 1.29 bits per heavy atom. The van der Waals surface area contributed by atoms with Crippen molar-refractivity contribution in [2.75, 3.05) is 53.0 Å². The molecule has 0 aromatic heterocycles. The number of ether oxygens (including phenoxy) is 2. The van der Waals surface area contributed by atoms with E-state index in [4.69, 9.17) is 32.7 Å². The molecule has 31 heavy (non-hydrogen) atoms. The number of methoxy groups -OCH3 is 1. The van der Waals surface area contributed by atoms with Crippen molar-refractivity contribution >= 4 is 41.1 Å². The standard InChI is InChI=1S/C22H29Cl2N3O4/c1-30-20-15-31-13-7-19(20)25-8-10-27-12-11-26(9-6-22(27)29)21(28)5-3-16-2-4-17(23)18(24)14-16/h2-5,14,19-20,25H,6-13,15H2,1H3/b5-3+/t19-,20+/m0/s1. The molecular weight excluding hydrogens is 441 g/mol. The van der Waals surface area contributed by atoms with Crippen molar-refractivity contribution in [1.82, 2.24) is 15.1 Å². The molecule has 1 aromatic rings. The molecule has 2 saturated heterocycles. The van der Waals surface area contributed by atoms with Crippen LogP contribution in [0.1, 0.15) is 18.4 Å². The number of amides is 2. The molecule has 1 N–H and O–H groups in total. The number of carbonyl (C=O) groups is 2. The maximum Gasteiger partial charge on any atom is 0.246 e. The van der Waals surface area contributed by atoms with Gasteiger partial charge in [-0.15, -0.1) is 0 Å². The Labute approximate surface area is 193 Å². The molecule has 2 aliphatic rings. The van der Waals surface area contributed by atoms with Crippen LogP contribution in [0.25, 0.3) is 6.08 Å². The van der Waals surface area contributed by atoms with E-state index < -0.39 is 0 Å². The molecule has 0 unspecified atom stereocenters. The number of nitrogens with one attached hydrogen (secondary N) is 1. The highest BCUT2D eigenvalue weighted by molar-refractivity contribution is 6.42. The van der Waals surface area contributed by atoms with Crippen LogP contribution in [0.5, 0.6) is 0 Å². The Hall–Kier alpha value is -1.64. The molecule has 7 nitrogen and oxygen atoms in total. The summed E-state index contributed by atoms with van der Waals surface area (Å²) in [4.78, 5) is 28.6. The van der Waals surface area contributed by atoms with Crippen molar-refractivity contribution in [3.05, 3.63) is 39.9 Å². The molecule has 3 rings (SSSR count).